The van der Waals surface area contributed by atoms with Crippen molar-refractivity contribution in [2.24, 2.45) is 0 Å². The SMILES string of the molecule is CCCn1c(=O)n(CCC(=O)Nc2cc(S(=O)(=O)CC)ccc2O)c2ccccc21. The molecule has 3 rings (SSSR count). The summed E-state index contributed by atoms with van der Waals surface area (Å²) in [6.07, 6.45) is 0.801. The predicted molar refractivity (Wildman–Crippen MR) is 116 cm³/mol. The second-order valence-corrected chi connectivity index (χ2v) is 9.23. The third-order valence-electron chi connectivity index (χ3n) is 4.92. The molecule has 0 spiro atoms. The maximum absolute atomic E-state index is 12.8. The molecular weight excluding hydrogens is 406 g/mol. The zero-order chi connectivity index (χ0) is 21.9. The zero-order valence-electron chi connectivity index (χ0n) is 17.0. The molecule has 0 atom stereocenters. The van der Waals surface area contributed by atoms with Crippen LogP contribution >= 0.6 is 0 Å². The molecule has 1 amide bonds. The Morgan fingerprint density at radius 2 is 1.67 bits per heavy atom. The first-order chi connectivity index (χ1) is 14.3. The van der Waals surface area contributed by atoms with Crippen LogP contribution in [-0.4, -0.2) is 34.3 Å². The van der Waals surface area contributed by atoms with Crippen molar-refractivity contribution >= 4 is 32.5 Å². The van der Waals surface area contributed by atoms with Crippen molar-refractivity contribution in [3.05, 3.63) is 52.9 Å². The number of benzene rings is 2. The Kier molecular flexibility index (Phi) is 6.31. The number of aromatic nitrogens is 2. The van der Waals surface area contributed by atoms with Crippen LogP contribution in [0.3, 0.4) is 0 Å². The molecule has 0 saturated heterocycles. The van der Waals surface area contributed by atoms with Crippen LogP contribution in [0.15, 0.2) is 52.2 Å². The molecule has 9 heteroatoms. The van der Waals surface area contributed by atoms with Gasteiger partial charge in [0, 0.05) is 19.5 Å². The zero-order valence-corrected chi connectivity index (χ0v) is 17.8. The number of carbonyl (C=O) groups excluding carboxylic acids is 1. The molecule has 160 valence electrons. The van der Waals surface area contributed by atoms with Crippen molar-refractivity contribution in [3.63, 3.8) is 0 Å². The van der Waals surface area contributed by atoms with Gasteiger partial charge >= 0.3 is 5.69 Å². The third kappa shape index (κ3) is 4.25. The number of aromatic hydroxyl groups is 1. The van der Waals surface area contributed by atoms with Crippen LogP contribution in [-0.2, 0) is 27.7 Å². The molecular formula is C21H25N3O5S. The van der Waals surface area contributed by atoms with Gasteiger partial charge in [-0.25, -0.2) is 13.2 Å². The molecule has 0 bridgehead atoms. The minimum atomic E-state index is -3.47. The number of nitrogens with zero attached hydrogens (tertiary/aromatic N) is 2. The Balaban J connectivity index is 1.80. The van der Waals surface area contributed by atoms with Gasteiger partial charge < -0.3 is 10.4 Å². The summed E-state index contributed by atoms with van der Waals surface area (Å²) in [6, 6.07) is 11.2. The molecule has 0 saturated carbocycles. The molecule has 2 N–H and O–H groups in total. The molecule has 2 aromatic carbocycles. The van der Waals surface area contributed by atoms with Crippen LogP contribution in [0.5, 0.6) is 5.75 Å². The largest absolute Gasteiger partial charge is 0.506 e. The van der Waals surface area contributed by atoms with Crippen LogP contribution in [0.4, 0.5) is 5.69 Å². The number of sulfone groups is 1. The Morgan fingerprint density at radius 1 is 1.03 bits per heavy atom. The number of para-hydroxylation sites is 2. The number of phenols is 1. The van der Waals surface area contributed by atoms with Crippen molar-refractivity contribution in [2.75, 3.05) is 11.1 Å². The molecule has 0 aliphatic heterocycles. The van der Waals surface area contributed by atoms with E-state index in [9.17, 15) is 23.1 Å². The van der Waals surface area contributed by atoms with Crippen LogP contribution in [0.2, 0.25) is 0 Å². The Hall–Kier alpha value is -3.07. The predicted octanol–water partition coefficient (Wildman–Crippen LogP) is 2.74. The van der Waals surface area contributed by atoms with Crippen LogP contribution in [0.1, 0.15) is 26.7 Å². The number of hydrogen-bond acceptors (Lipinski definition) is 5. The van der Waals surface area contributed by atoms with E-state index < -0.39 is 15.7 Å². The Morgan fingerprint density at radius 3 is 2.27 bits per heavy atom. The minimum Gasteiger partial charge on any atom is -0.506 e. The summed E-state index contributed by atoms with van der Waals surface area (Å²) < 4.78 is 27.3. The average molecular weight is 432 g/mol. The molecule has 0 aliphatic rings. The van der Waals surface area contributed by atoms with Gasteiger partial charge in [-0.2, -0.15) is 0 Å². The molecule has 3 aromatic rings. The number of anilines is 1. The summed E-state index contributed by atoms with van der Waals surface area (Å²) in [5, 5.41) is 12.5. The van der Waals surface area contributed by atoms with E-state index >= 15 is 0 Å². The van der Waals surface area contributed by atoms with Crippen molar-refractivity contribution < 1.29 is 18.3 Å². The molecule has 8 nitrogen and oxygen atoms in total. The van der Waals surface area contributed by atoms with Crippen LogP contribution in [0, 0.1) is 0 Å². The molecule has 0 unspecified atom stereocenters. The average Bonchev–Trinajstić information content (AvgIpc) is 2.99. The van der Waals surface area contributed by atoms with E-state index in [1.807, 2.05) is 31.2 Å². The van der Waals surface area contributed by atoms with Gasteiger partial charge in [-0.1, -0.05) is 26.0 Å². The second kappa shape index (κ2) is 8.74. The summed E-state index contributed by atoms with van der Waals surface area (Å²) >= 11 is 0. The molecule has 1 aromatic heterocycles. The van der Waals surface area contributed by atoms with E-state index in [0.29, 0.717) is 6.54 Å². The number of aryl methyl sites for hydroxylation is 2. The molecule has 0 aliphatic carbocycles. The number of nitrogens with one attached hydrogen (secondary N) is 1. The fraction of sp³-hybridized carbons (Fsp3) is 0.333. The normalized spacial score (nSPS) is 11.7. The highest BCUT2D eigenvalue weighted by atomic mass is 32.2. The Bertz CT molecular complexity index is 1240. The van der Waals surface area contributed by atoms with E-state index in [2.05, 4.69) is 5.32 Å². The van der Waals surface area contributed by atoms with Gasteiger partial charge in [0.25, 0.3) is 0 Å². The lowest BCUT2D eigenvalue weighted by Gasteiger charge is -2.10. The van der Waals surface area contributed by atoms with Crippen LogP contribution < -0.4 is 11.0 Å². The number of fused-ring (bicyclic) bond motifs is 1. The quantitative estimate of drug-likeness (QED) is 0.533. The highest BCUT2D eigenvalue weighted by molar-refractivity contribution is 7.91. The second-order valence-electron chi connectivity index (χ2n) is 6.96. The van der Waals surface area contributed by atoms with Crippen molar-refractivity contribution in [2.45, 2.75) is 44.7 Å². The van der Waals surface area contributed by atoms with Crippen molar-refractivity contribution in [1.29, 1.82) is 0 Å². The highest BCUT2D eigenvalue weighted by Crippen LogP contribution is 2.27. The van der Waals surface area contributed by atoms with Gasteiger partial charge in [0.15, 0.2) is 9.84 Å². The first-order valence-corrected chi connectivity index (χ1v) is 11.5. The standard InChI is InChI=1S/C21H25N3O5S/c1-3-12-23-17-7-5-6-8-18(17)24(21(23)27)13-11-20(26)22-16-14-15(9-10-19(16)25)30(28,29)4-2/h5-10,14,25H,3-4,11-13H2,1-2H3,(H,22,26). The third-order valence-corrected chi connectivity index (χ3v) is 6.65. The smallest absolute Gasteiger partial charge is 0.329 e. The fourth-order valence-corrected chi connectivity index (χ4v) is 4.24. The fourth-order valence-electron chi connectivity index (χ4n) is 3.33. The van der Waals surface area contributed by atoms with E-state index in [1.54, 1.807) is 9.13 Å². The summed E-state index contributed by atoms with van der Waals surface area (Å²) in [5.74, 6) is -0.749. The summed E-state index contributed by atoms with van der Waals surface area (Å²) in [5.41, 5.74) is 1.42. The lowest BCUT2D eigenvalue weighted by Crippen LogP contribution is -2.26. The van der Waals surface area contributed by atoms with Gasteiger partial charge in [0.05, 0.1) is 27.4 Å². The number of hydrogen-bond donors (Lipinski definition) is 2. The van der Waals surface area contributed by atoms with Gasteiger partial charge in [0.2, 0.25) is 5.91 Å². The first kappa shape index (κ1) is 21.6. The van der Waals surface area contributed by atoms with Gasteiger partial charge in [-0.3, -0.25) is 13.9 Å². The summed E-state index contributed by atoms with van der Waals surface area (Å²) in [7, 11) is -3.47. The van der Waals surface area contributed by atoms with E-state index in [1.165, 1.54) is 25.1 Å². The minimum absolute atomic E-state index is 0.00969. The highest BCUT2D eigenvalue weighted by Gasteiger charge is 2.17. The molecule has 0 radical (unpaired) electrons. The van der Waals surface area contributed by atoms with Crippen molar-refractivity contribution in [1.82, 2.24) is 9.13 Å². The number of rotatable bonds is 8. The summed E-state index contributed by atoms with van der Waals surface area (Å²) in [6.45, 7) is 4.26. The molecule has 0 fully saturated rings. The number of carbonyl (C=O) groups is 1. The monoisotopic (exact) mass is 431 g/mol. The lowest BCUT2D eigenvalue weighted by molar-refractivity contribution is -0.116. The van der Waals surface area contributed by atoms with E-state index in [0.717, 1.165) is 17.5 Å². The van der Waals surface area contributed by atoms with E-state index in [-0.39, 0.29) is 40.7 Å². The van der Waals surface area contributed by atoms with Gasteiger partial charge in [-0.05, 0) is 36.8 Å². The maximum Gasteiger partial charge on any atom is 0.329 e. The van der Waals surface area contributed by atoms with E-state index in [4.69, 9.17) is 0 Å². The molecule has 1 heterocycles. The number of imidazole rings is 1. The van der Waals surface area contributed by atoms with Crippen molar-refractivity contribution in [3.8, 4) is 5.75 Å². The topological polar surface area (TPSA) is 110 Å². The van der Waals surface area contributed by atoms with Crippen LogP contribution in [0.25, 0.3) is 11.0 Å². The number of phenolic OH excluding ortho intramolecular Hbond substituents is 1. The lowest BCUT2D eigenvalue weighted by atomic mass is 10.2. The van der Waals surface area contributed by atoms with Gasteiger partial charge in [-0.15, -0.1) is 0 Å². The maximum atomic E-state index is 12.8. The molecule has 30 heavy (non-hydrogen) atoms. The Labute approximate surface area is 174 Å². The van der Waals surface area contributed by atoms with Gasteiger partial charge in [0.1, 0.15) is 5.75 Å². The summed E-state index contributed by atoms with van der Waals surface area (Å²) in [4.78, 5) is 25.3. The first-order valence-electron chi connectivity index (χ1n) is 9.82. The number of amides is 1.